The van der Waals surface area contributed by atoms with Gasteiger partial charge in [-0.15, -0.1) is 5.10 Å². The number of carbonyl (C=O) groups excluding carboxylic acids is 1. The number of esters is 1. The molecule has 1 aromatic carbocycles. The zero-order chi connectivity index (χ0) is 25.2. The normalized spacial score (nSPS) is 41.8. The van der Waals surface area contributed by atoms with E-state index in [-0.39, 0.29) is 35.0 Å². The van der Waals surface area contributed by atoms with E-state index in [4.69, 9.17) is 4.74 Å². The van der Waals surface area contributed by atoms with Crippen molar-refractivity contribution in [2.24, 2.45) is 34.5 Å². The highest BCUT2D eigenvalue weighted by Gasteiger charge is 2.63. The molecular weight excluding hydrogens is 450 g/mol. The van der Waals surface area contributed by atoms with Gasteiger partial charge in [0, 0.05) is 17.9 Å². The highest BCUT2D eigenvalue weighted by Crippen LogP contribution is 2.68. The molecule has 0 spiro atoms. The van der Waals surface area contributed by atoms with Crippen molar-refractivity contribution in [3.8, 4) is 11.3 Å². The summed E-state index contributed by atoms with van der Waals surface area (Å²) in [7, 11) is 0. The van der Waals surface area contributed by atoms with Gasteiger partial charge in [0.25, 0.3) is 0 Å². The molecule has 6 nitrogen and oxygen atoms in total. The third kappa shape index (κ3) is 3.66. The van der Waals surface area contributed by atoms with Gasteiger partial charge < -0.3 is 9.84 Å². The van der Waals surface area contributed by atoms with Crippen molar-refractivity contribution in [2.45, 2.75) is 97.3 Å². The average Bonchev–Trinajstić information content (AvgIpc) is 3.44. The maximum Gasteiger partial charge on any atom is 0.302 e. The van der Waals surface area contributed by atoms with Crippen molar-refractivity contribution in [3.63, 3.8) is 0 Å². The highest BCUT2D eigenvalue weighted by atomic mass is 16.5. The molecule has 4 saturated carbocycles. The van der Waals surface area contributed by atoms with Gasteiger partial charge in [0.1, 0.15) is 11.8 Å². The lowest BCUT2D eigenvalue weighted by Crippen LogP contribution is -2.58. The lowest BCUT2D eigenvalue weighted by atomic mass is 9.44. The Morgan fingerprint density at radius 1 is 1.06 bits per heavy atom. The predicted octanol–water partition coefficient (Wildman–Crippen LogP) is 5.74. The van der Waals surface area contributed by atoms with Crippen molar-refractivity contribution < 1.29 is 14.6 Å². The molecule has 4 aliphatic rings. The molecule has 6 heteroatoms. The van der Waals surface area contributed by atoms with Crippen LogP contribution < -0.4 is 0 Å². The molecule has 0 aliphatic heterocycles. The van der Waals surface area contributed by atoms with E-state index in [1.165, 1.54) is 12.0 Å². The molecule has 4 fully saturated rings. The second-order valence-electron chi connectivity index (χ2n) is 12.8. The first kappa shape index (κ1) is 24.1. The summed E-state index contributed by atoms with van der Waals surface area (Å²) in [6.07, 6.45) is 10.3. The van der Waals surface area contributed by atoms with Crippen LogP contribution in [0.25, 0.3) is 11.3 Å². The summed E-state index contributed by atoms with van der Waals surface area (Å²) in [6.45, 7) is 8.53. The van der Waals surface area contributed by atoms with Crippen molar-refractivity contribution >= 4 is 5.97 Å². The van der Waals surface area contributed by atoms with E-state index in [9.17, 15) is 9.90 Å². The van der Waals surface area contributed by atoms with E-state index in [1.54, 1.807) is 6.92 Å². The molecule has 36 heavy (non-hydrogen) atoms. The third-order valence-corrected chi connectivity index (χ3v) is 11.1. The number of rotatable bonds is 3. The summed E-state index contributed by atoms with van der Waals surface area (Å²) in [6, 6.07) is 8.60. The number of aliphatic hydroxyl groups is 1. The number of nitrogens with zero attached hydrogens (tertiary/aromatic N) is 3. The van der Waals surface area contributed by atoms with E-state index in [0.29, 0.717) is 23.7 Å². The number of aliphatic hydroxyl groups excluding tert-OH is 1. The zero-order valence-corrected chi connectivity index (χ0v) is 22.2. The van der Waals surface area contributed by atoms with E-state index in [0.717, 1.165) is 56.2 Å². The minimum absolute atomic E-state index is 0.0582. The van der Waals surface area contributed by atoms with Gasteiger partial charge in [-0.3, -0.25) is 4.79 Å². The Morgan fingerprint density at radius 2 is 1.83 bits per heavy atom. The van der Waals surface area contributed by atoms with Crippen LogP contribution in [0.2, 0.25) is 0 Å². The third-order valence-electron chi connectivity index (χ3n) is 11.1. The minimum atomic E-state index is -0.287. The number of carbonyl (C=O) groups is 1. The number of ether oxygens (including phenoxy) is 1. The van der Waals surface area contributed by atoms with Gasteiger partial charge in [0.15, 0.2) is 0 Å². The summed E-state index contributed by atoms with van der Waals surface area (Å²) >= 11 is 0. The van der Waals surface area contributed by atoms with Crippen LogP contribution >= 0.6 is 0 Å². The van der Waals surface area contributed by atoms with E-state index >= 15 is 0 Å². The van der Waals surface area contributed by atoms with Crippen molar-refractivity contribution in [2.75, 3.05) is 0 Å². The quantitative estimate of drug-likeness (QED) is 0.554. The van der Waals surface area contributed by atoms with E-state index < -0.39 is 0 Å². The number of aromatic nitrogens is 3. The van der Waals surface area contributed by atoms with Gasteiger partial charge in [-0.1, -0.05) is 48.9 Å². The molecule has 1 aromatic heterocycles. The molecule has 4 aliphatic carbocycles. The molecule has 0 radical (unpaired) electrons. The van der Waals surface area contributed by atoms with Gasteiger partial charge in [0.2, 0.25) is 0 Å². The average molecular weight is 492 g/mol. The molecule has 0 amide bonds. The van der Waals surface area contributed by atoms with Gasteiger partial charge >= 0.3 is 5.97 Å². The minimum Gasteiger partial charge on any atom is -0.462 e. The molecule has 2 aromatic rings. The number of fused-ring (bicyclic) bond motifs is 5. The van der Waals surface area contributed by atoms with Crippen molar-refractivity contribution in [1.29, 1.82) is 0 Å². The fourth-order valence-electron chi connectivity index (χ4n) is 9.32. The van der Waals surface area contributed by atoms with Crippen LogP contribution in [-0.4, -0.2) is 38.3 Å². The molecule has 9 atom stereocenters. The predicted molar refractivity (Wildman–Crippen MR) is 138 cm³/mol. The standard InChI is InChI=1S/C30H41N3O3/c1-18-5-7-20(8-6-18)26-17-33(32-31-26)27-16-22(35)15-21-9-10-23-24-11-12-28(36-19(2)34)29(24,3)14-13-25(23)30(21,27)4/h5-8,17,21-25,27-28,35H,9-16H2,1-4H3/t21-,22+,23-,24-,25-,27-,28-,29-,30-/m0/s1. The Kier molecular flexibility index (Phi) is 5.82. The summed E-state index contributed by atoms with van der Waals surface area (Å²) in [5.41, 5.74) is 3.38. The summed E-state index contributed by atoms with van der Waals surface area (Å²) in [5, 5.41) is 20.2. The van der Waals surface area contributed by atoms with Gasteiger partial charge in [-0.05, 0) is 87.4 Å². The van der Waals surface area contributed by atoms with Crippen molar-refractivity contribution in [3.05, 3.63) is 36.0 Å². The Labute approximate surface area is 214 Å². The first-order valence-electron chi connectivity index (χ1n) is 14.0. The molecule has 1 heterocycles. The molecule has 0 unspecified atom stereocenters. The maximum atomic E-state index is 11.8. The smallest absolute Gasteiger partial charge is 0.302 e. The lowest BCUT2D eigenvalue weighted by molar-refractivity contribution is -0.171. The zero-order valence-electron chi connectivity index (χ0n) is 22.2. The van der Waals surface area contributed by atoms with Crippen molar-refractivity contribution in [1.82, 2.24) is 15.0 Å². The Hall–Kier alpha value is -2.21. The van der Waals surface area contributed by atoms with Gasteiger partial charge in [-0.25, -0.2) is 4.68 Å². The fourth-order valence-corrected chi connectivity index (χ4v) is 9.32. The second kappa shape index (κ2) is 8.68. The van der Waals surface area contributed by atoms with E-state index in [2.05, 4.69) is 66.2 Å². The van der Waals surface area contributed by atoms with Crippen LogP contribution in [0.3, 0.4) is 0 Å². The fraction of sp³-hybridized carbons (Fsp3) is 0.700. The molecular formula is C30H41N3O3. The Morgan fingerprint density at radius 3 is 2.58 bits per heavy atom. The largest absolute Gasteiger partial charge is 0.462 e. The van der Waals surface area contributed by atoms with Crippen LogP contribution in [0.5, 0.6) is 0 Å². The molecule has 1 N–H and O–H groups in total. The Balaban J connectivity index is 1.33. The first-order valence-corrected chi connectivity index (χ1v) is 14.0. The summed E-state index contributed by atoms with van der Waals surface area (Å²) in [5.74, 6) is 2.19. The topological polar surface area (TPSA) is 77.2 Å². The monoisotopic (exact) mass is 491 g/mol. The second-order valence-corrected chi connectivity index (χ2v) is 12.8. The SMILES string of the molecule is CC(=O)O[C@H]1CC[C@H]2[C@@H]3CC[C@H]4C[C@@H](O)C[C@H](n5cc(-c6ccc(C)cc6)nn5)[C@]4(C)[C@H]3CC[C@]12C. The van der Waals surface area contributed by atoms with Gasteiger partial charge in [-0.2, -0.15) is 0 Å². The summed E-state index contributed by atoms with van der Waals surface area (Å²) in [4.78, 5) is 11.8. The maximum absolute atomic E-state index is 11.8. The van der Waals surface area contributed by atoms with Crippen LogP contribution in [0, 0.1) is 41.4 Å². The first-order chi connectivity index (χ1) is 17.2. The van der Waals surface area contributed by atoms with Crippen LogP contribution in [0.15, 0.2) is 30.5 Å². The number of benzene rings is 1. The van der Waals surface area contributed by atoms with Gasteiger partial charge in [0.05, 0.1) is 18.3 Å². The summed E-state index contributed by atoms with van der Waals surface area (Å²) < 4.78 is 7.95. The molecule has 0 bridgehead atoms. The number of aryl methyl sites for hydroxylation is 1. The molecule has 194 valence electrons. The highest BCUT2D eigenvalue weighted by molar-refractivity contribution is 5.66. The van der Waals surface area contributed by atoms with E-state index in [1.807, 2.05) is 0 Å². The van der Waals surface area contributed by atoms with Crippen LogP contribution in [-0.2, 0) is 9.53 Å². The van der Waals surface area contributed by atoms with Crippen LogP contribution in [0.1, 0.15) is 83.7 Å². The van der Waals surface area contributed by atoms with Crippen LogP contribution in [0.4, 0.5) is 0 Å². The number of hydrogen-bond acceptors (Lipinski definition) is 5. The Bertz CT molecular complexity index is 1130. The molecule has 0 saturated heterocycles. The number of hydrogen-bond donors (Lipinski definition) is 1. The molecule has 6 rings (SSSR count). The lowest BCUT2D eigenvalue weighted by Gasteiger charge is -2.62.